The van der Waals surface area contributed by atoms with Gasteiger partial charge in [0.1, 0.15) is 0 Å². The van der Waals surface area contributed by atoms with Crippen LogP contribution in [0.5, 0.6) is 0 Å². The van der Waals surface area contributed by atoms with Crippen LogP contribution in [0.3, 0.4) is 0 Å². The molecule has 1 aromatic rings. The molecule has 0 radical (unpaired) electrons. The van der Waals surface area contributed by atoms with Gasteiger partial charge in [-0.2, -0.15) is 0 Å². The van der Waals surface area contributed by atoms with E-state index in [1.54, 1.807) is 0 Å². The van der Waals surface area contributed by atoms with Crippen molar-refractivity contribution in [3.63, 3.8) is 0 Å². The number of hydrogen-bond donors (Lipinski definition) is 2. The smallest absolute Gasteiger partial charge is 0.224 e. The van der Waals surface area contributed by atoms with Crippen LogP contribution in [0.25, 0.3) is 0 Å². The van der Waals surface area contributed by atoms with E-state index >= 15 is 0 Å². The van der Waals surface area contributed by atoms with Crippen molar-refractivity contribution in [2.45, 2.75) is 52.1 Å². The van der Waals surface area contributed by atoms with E-state index in [4.69, 9.17) is 5.73 Å². The van der Waals surface area contributed by atoms with Gasteiger partial charge in [0.05, 0.1) is 5.92 Å². The second kappa shape index (κ2) is 8.99. The number of hydrogen-bond acceptors (Lipinski definition) is 3. The number of nitrogens with zero attached hydrogens (tertiary/aromatic N) is 1. The lowest BCUT2D eigenvalue weighted by atomic mass is 9.94. The van der Waals surface area contributed by atoms with E-state index in [1.807, 2.05) is 42.2 Å². The molecule has 0 spiro atoms. The van der Waals surface area contributed by atoms with Gasteiger partial charge in [0.2, 0.25) is 11.8 Å². The molecule has 2 atom stereocenters. The molecule has 2 rings (SSSR count). The first kappa shape index (κ1) is 19.4. The van der Waals surface area contributed by atoms with Crippen LogP contribution >= 0.6 is 0 Å². The van der Waals surface area contributed by atoms with Gasteiger partial charge in [0.15, 0.2) is 0 Å². The lowest BCUT2D eigenvalue weighted by Crippen LogP contribution is -2.48. The molecule has 2 amide bonds. The van der Waals surface area contributed by atoms with Crippen molar-refractivity contribution in [3.8, 4) is 0 Å². The maximum Gasteiger partial charge on any atom is 0.224 e. The van der Waals surface area contributed by atoms with Gasteiger partial charge in [-0.3, -0.25) is 9.59 Å². The SMILES string of the molecule is CC(C)CC(=O)N1CCC(NC(=O)C(C)C(N)c2ccccc2)CC1. The Balaban J connectivity index is 1.81. The molecule has 2 unspecified atom stereocenters. The molecule has 1 heterocycles. The third-order valence-electron chi connectivity index (χ3n) is 4.91. The van der Waals surface area contributed by atoms with Gasteiger partial charge in [0.25, 0.3) is 0 Å². The van der Waals surface area contributed by atoms with Crippen molar-refractivity contribution < 1.29 is 9.59 Å². The first-order valence-electron chi connectivity index (χ1n) is 9.27. The number of carbonyl (C=O) groups excluding carboxylic acids is 2. The number of rotatable bonds is 6. The summed E-state index contributed by atoms with van der Waals surface area (Å²) in [5, 5.41) is 3.11. The molecule has 0 aliphatic carbocycles. The largest absolute Gasteiger partial charge is 0.353 e. The summed E-state index contributed by atoms with van der Waals surface area (Å²) in [7, 11) is 0. The summed E-state index contributed by atoms with van der Waals surface area (Å²) in [5.74, 6) is 0.302. The summed E-state index contributed by atoms with van der Waals surface area (Å²) in [6.45, 7) is 7.42. The van der Waals surface area contributed by atoms with E-state index in [9.17, 15) is 9.59 Å². The molecule has 1 aliphatic heterocycles. The summed E-state index contributed by atoms with van der Waals surface area (Å²) in [4.78, 5) is 26.5. The second-order valence-electron chi connectivity index (χ2n) is 7.49. The van der Waals surface area contributed by atoms with E-state index in [0.717, 1.165) is 31.5 Å². The number of benzene rings is 1. The predicted molar refractivity (Wildman–Crippen MR) is 99.7 cm³/mol. The highest BCUT2D eigenvalue weighted by Gasteiger charge is 2.27. The minimum absolute atomic E-state index is 0.0108. The minimum Gasteiger partial charge on any atom is -0.353 e. The highest BCUT2D eigenvalue weighted by Crippen LogP contribution is 2.20. The van der Waals surface area contributed by atoms with Crippen LogP contribution in [-0.2, 0) is 9.59 Å². The maximum absolute atomic E-state index is 12.5. The van der Waals surface area contributed by atoms with E-state index in [0.29, 0.717) is 12.3 Å². The quantitative estimate of drug-likeness (QED) is 0.832. The molecule has 3 N–H and O–H groups in total. The van der Waals surface area contributed by atoms with Crippen molar-refractivity contribution in [1.82, 2.24) is 10.2 Å². The molecule has 5 heteroatoms. The number of likely N-dealkylation sites (tertiary alicyclic amines) is 1. The summed E-state index contributed by atoms with van der Waals surface area (Å²) in [6.07, 6.45) is 2.21. The zero-order chi connectivity index (χ0) is 18.4. The van der Waals surface area contributed by atoms with Crippen LogP contribution in [0.4, 0.5) is 0 Å². The number of piperidine rings is 1. The number of amides is 2. The zero-order valence-electron chi connectivity index (χ0n) is 15.6. The van der Waals surface area contributed by atoms with Crippen LogP contribution < -0.4 is 11.1 Å². The van der Waals surface area contributed by atoms with E-state index in [2.05, 4.69) is 19.2 Å². The van der Waals surface area contributed by atoms with E-state index in [-0.39, 0.29) is 29.8 Å². The Morgan fingerprint density at radius 2 is 1.76 bits per heavy atom. The molecule has 0 saturated carbocycles. The Morgan fingerprint density at radius 3 is 2.32 bits per heavy atom. The van der Waals surface area contributed by atoms with Crippen molar-refractivity contribution in [1.29, 1.82) is 0 Å². The third-order valence-corrected chi connectivity index (χ3v) is 4.91. The fraction of sp³-hybridized carbons (Fsp3) is 0.600. The number of nitrogens with one attached hydrogen (secondary N) is 1. The molecule has 0 bridgehead atoms. The van der Waals surface area contributed by atoms with Crippen LogP contribution in [0.1, 0.15) is 51.6 Å². The molecule has 1 fully saturated rings. The predicted octanol–water partition coefficient (Wildman–Crippen LogP) is 2.48. The van der Waals surface area contributed by atoms with Gasteiger partial charge in [0, 0.05) is 31.6 Å². The van der Waals surface area contributed by atoms with Crippen molar-refractivity contribution >= 4 is 11.8 Å². The first-order valence-corrected chi connectivity index (χ1v) is 9.27. The Bertz CT molecular complexity index is 566. The zero-order valence-corrected chi connectivity index (χ0v) is 15.6. The standard InChI is InChI=1S/C20H31N3O2/c1-14(2)13-18(24)23-11-9-17(10-12-23)22-20(25)15(3)19(21)16-7-5-4-6-8-16/h4-8,14-15,17,19H,9-13,21H2,1-3H3,(H,22,25). The fourth-order valence-corrected chi connectivity index (χ4v) is 3.21. The summed E-state index contributed by atoms with van der Waals surface area (Å²) < 4.78 is 0. The normalized spacial score (nSPS) is 18.0. The topological polar surface area (TPSA) is 75.4 Å². The molecule has 5 nitrogen and oxygen atoms in total. The Hall–Kier alpha value is -1.88. The Labute approximate surface area is 151 Å². The lowest BCUT2D eigenvalue weighted by molar-refractivity contribution is -0.133. The van der Waals surface area contributed by atoms with Crippen LogP contribution in [-0.4, -0.2) is 35.8 Å². The summed E-state index contributed by atoms with van der Waals surface area (Å²) >= 11 is 0. The molecule has 138 valence electrons. The molecule has 25 heavy (non-hydrogen) atoms. The molecule has 1 aliphatic rings. The van der Waals surface area contributed by atoms with Crippen LogP contribution in [0, 0.1) is 11.8 Å². The third kappa shape index (κ3) is 5.56. The monoisotopic (exact) mass is 345 g/mol. The highest BCUT2D eigenvalue weighted by molar-refractivity contribution is 5.80. The van der Waals surface area contributed by atoms with Gasteiger partial charge in [-0.1, -0.05) is 51.1 Å². The van der Waals surface area contributed by atoms with Crippen LogP contribution in [0.2, 0.25) is 0 Å². The van der Waals surface area contributed by atoms with Gasteiger partial charge < -0.3 is 16.0 Å². The van der Waals surface area contributed by atoms with Crippen molar-refractivity contribution in [2.75, 3.05) is 13.1 Å². The van der Waals surface area contributed by atoms with Crippen molar-refractivity contribution in [3.05, 3.63) is 35.9 Å². The maximum atomic E-state index is 12.5. The molecule has 1 aromatic carbocycles. The lowest BCUT2D eigenvalue weighted by Gasteiger charge is -2.33. The fourth-order valence-electron chi connectivity index (χ4n) is 3.21. The van der Waals surface area contributed by atoms with E-state index in [1.165, 1.54) is 0 Å². The van der Waals surface area contributed by atoms with Gasteiger partial charge in [-0.15, -0.1) is 0 Å². The Morgan fingerprint density at radius 1 is 1.16 bits per heavy atom. The molecular formula is C20H31N3O2. The van der Waals surface area contributed by atoms with Gasteiger partial charge in [-0.25, -0.2) is 0 Å². The molecular weight excluding hydrogens is 314 g/mol. The average Bonchev–Trinajstić information content (AvgIpc) is 2.61. The number of nitrogens with two attached hydrogens (primary N) is 1. The average molecular weight is 345 g/mol. The van der Waals surface area contributed by atoms with Crippen molar-refractivity contribution in [2.24, 2.45) is 17.6 Å². The van der Waals surface area contributed by atoms with Crippen LogP contribution in [0.15, 0.2) is 30.3 Å². The Kier molecular flexibility index (Phi) is 7.00. The summed E-state index contributed by atoms with van der Waals surface area (Å²) in [6, 6.07) is 9.53. The minimum atomic E-state index is -0.311. The van der Waals surface area contributed by atoms with Gasteiger partial charge in [-0.05, 0) is 24.3 Å². The molecule has 0 aromatic heterocycles. The second-order valence-corrected chi connectivity index (χ2v) is 7.49. The highest BCUT2D eigenvalue weighted by atomic mass is 16.2. The summed E-state index contributed by atoms with van der Waals surface area (Å²) in [5.41, 5.74) is 7.21. The first-order chi connectivity index (χ1) is 11.9. The number of carbonyl (C=O) groups is 2. The van der Waals surface area contributed by atoms with Gasteiger partial charge >= 0.3 is 0 Å². The van der Waals surface area contributed by atoms with E-state index < -0.39 is 0 Å². The molecule has 1 saturated heterocycles.